The second kappa shape index (κ2) is 3.64. The van der Waals surface area contributed by atoms with Gasteiger partial charge in [0, 0.05) is 12.4 Å². The summed E-state index contributed by atoms with van der Waals surface area (Å²) in [7, 11) is 1.81. The Balaban J connectivity index is 2.78. The normalized spacial score (nSPS) is 10.5. The van der Waals surface area contributed by atoms with Gasteiger partial charge in [-0.1, -0.05) is 29.3 Å². The predicted molar refractivity (Wildman–Crippen MR) is 61.3 cm³/mol. The van der Waals surface area contributed by atoms with Crippen molar-refractivity contribution < 1.29 is 0 Å². The molecule has 0 aliphatic heterocycles. The summed E-state index contributed by atoms with van der Waals surface area (Å²) in [4.78, 5) is 4.33. The van der Waals surface area contributed by atoms with Crippen molar-refractivity contribution in [1.82, 2.24) is 4.98 Å². The van der Waals surface area contributed by atoms with Crippen molar-refractivity contribution in [2.24, 2.45) is 0 Å². The molecule has 14 heavy (non-hydrogen) atoms. The van der Waals surface area contributed by atoms with Crippen LogP contribution in [0.15, 0.2) is 24.3 Å². The zero-order chi connectivity index (χ0) is 10.1. The molecule has 1 N–H and O–H groups in total. The summed E-state index contributed by atoms with van der Waals surface area (Å²) in [5.74, 6) is 0.779. The first kappa shape index (κ1) is 9.56. The fourth-order valence-electron chi connectivity index (χ4n) is 1.27. The summed E-state index contributed by atoms with van der Waals surface area (Å²) in [6, 6.07) is 7.52. The minimum atomic E-state index is 0.501. The van der Waals surface area contributed by atoms with Crippen molar-refractivity contribution >= 4 is 39.9 Å². The minimum absolute atomic E-state index is 0.501. The van der Waals surface area contributed by atoms with Crippen molar-refractivity contribution in [3.8, 4) is 0 Å². The van der Waals surface area contributed by atoms with E-state index in [1.54, 1.807) is 6.07 Å². The topological polar surface area (TPSA) is 24.9 Å². The van der Waals surface area contributed by atoms with Crippen LogP contribution in [0.3, 0.4) is 0 Å². The average Bonchev–Trinajstić information content (AvgIpc) is 2.23. The number of anilines is 1. The summed E-state index contributed by atoms with van der Waals surface area (Å²) < 4.78 is 0. The SMILES string of the molecule is CNc1ccc2ccc(Cl)c(Cl)c2n1. The lowest BCUT2D eigenvalue weighted by Crippen LogP contribution is -1.92. The molecule has 0 saturated heterocycles. The quantitative estimate of drug-likeness (QED) is 0.805. The second-order valence-corrected chi connectivity index (χ2v) is 3.66. The Morgan fingerprint density at radius 2 is 1.86 bits per heavy atom. The van der Waals surface area contributed by atoms with Crippen molar-refractivity contribution in [2.75, 3.05) is 12.4 Å². The van der Waals surface area contributed by atoms with E-state index in [1.165, 1.54) is 0 Å². The van der Waals surface area contributed by atoms with Crippen LogP contribution in [0.5, 0.6) is 0 Å². The zero-order valence-corrected chi connectivity index (χ0v) is 9.02. The molecule has 0 bridgehead atoms. The monoisotopic (exact) mass is 226 g/mol. The summed E-state index contributed by atoms with van der Waals surface area (Å²) in [6.07, 6.45) is 0. The van der Waals surface area contributed by atoms with Crippen molar-refractivity contribution in [2.45, 2.75) is 0 Å². The van der Waals surface area contributed by atoms with Crippen LogP contribution in [0.1, 0.15) is 0 Å². The van der Waals surface area contributed by atoms with Gasteiger partial charge in [-0.2, -0.15) is 0 Å². The maximum absolute atomic E-state index is 6.03. The molecule has 1 heterocycles. The molecule has 0 amide bonds. The number of nitrogens with zero attached hydrogens (tertiary/aromatic N) is 1. The molecule has 2 nitrogen and oxygen atoms in total. The molecule has 0 unspecified atom stereocenters. The smallest absolute Gasteiger partial charge is 0.126 e. The zero-order valence-electron chi connectivity index (χ0n) is 7.51. The number of aromatic nitrogens is 1. The highest BCUT2D eigenvalue weighted by Gasteiger charge is 2.05. The van der Waals surface area contributed by atoms with Gasteiger partial charge in [0.1, 0.15) is 5.82 Å². The summed E-state index contributed by atoms with van der Waals surface area (Å²) in [5, 5.41) is 4.97. The van der Waals surface area contributed by atoms with E-state index in [1.807, 2.05) is 25.2 Å². The standard InChI is InChI=1S/C10H8Cl2N2/c1-13-8-5-3-6-2-4-7(11)9(12)10(6)14-8/h2-5H,1H3,(H,13,14). The Morgan fingerprint density at radius 1 is 1.14 bits per heavy atom. The van der Waals surface area contributed by atoms with Crippen LogP contribution in [-0.4, -0.2) is 12.0 Å². The molecule has 0 fully saturated rings. The molecule has 0 spiro atoms. The Bertz CT molecular complexity index is 483. The van der Waals surface area contributed by atoms with Gasteiger partial charge in [-0.3, -0.25) is 0 Å². The van der Waals surface area contributed by atoms with E-state index in [0.29, 0.717) is 10.0 Å². The van der Waals surface area contributed by atoms with E-state index in [0.717, 1.165) is 16.7 Å². The van der Waals surface area contributed by atoms with Crippen LogP contribution in [0, 0.1) is 0 Å². The van der Waals surface area contributed by atoms with Gasteiger partial charge < -0.3 is 5.32 Å². The van der Waals surface area contributed by atoms with E-state index in [2.05, 4.69) is 10.3 Å². The number of benzene rings is 1. The highest BCUT2D eigenvalue weighted by molar-refractivity contribution is 6.45. The molecule has 72 valence electrons. The molecule has 0 aliphatic carbocycles. The van der Waals surface area contributed by atoms with Gasteiger partial charge >= 0.3 is 0 Å². The number of fused-ring (bicyclic) bond motifs is 1. The summed E-state index contributed by atoms with van der Waals surface area (Å²) in [5.41, 5.74) is 0.728. The molecule has 0 saturated carbocycles. The average molecular weight is 227 g/mol. The van der Waals surface area contributed by atoms with Gasteiger partial charge in [-0.15, -0.1) is 0 Å². The third-order valence-corrected chi connectivity index (χ3v) is 2.80. The summed E-state index contributed by atoms with van der Waals surface area (Å²) in [6.45, 7) is 0. The lowest BCUT2D eigenvalue weighted by Gasteiger charge is -2.04. The highest BCUT2D eigenvalue weighted by atomic mass is 35.5. The molecule has 2 rings (SSSR count). The first-order chi connectivity index (χ1) is 6.72. The molecule has 0 aliphatic rings. The number of halogens is 2. The van der Waals surface area contributed by atoms with Gasteiger partial charge in [0.05, 0.1) is 15.6 Å². The number of rotatable bonds is 1. The van der Waals surface area contributed by atoms with Crippen molar-refractivity contribution in [3.05, 3.63) is 34.3 Å². The van der Waals surface area contributed by atoms with E-state index in [9.17, 15) is 0 Å². The number of hydrogen-bond acceptors (Lipinski definition) is 2. The molecular weight excluding hydrogens is 219 g/mol. The third kappa shape index (κ3) is 1.51. The highest BCUT2D eigenvalue weighted by Crippen LogP contribution is 2.29. The Labute approximate surface area is 91.9 Å². The second-order valence-electron chi connectivity index (χ2n) is 2.88. The first-order valence-corrected chi connectivity index (χ1v) is 4.90. The van der Waals surface area contributed by atoms with Gasteiger partial charge in [0.25, 0.3) is 0 Å². The van der Waals surface area contributed by atoms with Gasteiger partial charge in [-0.05, 0) is 18.2 Å². The Hall–Kier alpha value is -0.990. The fraction of sp³-hybridized carbons (Fsp3) is 0.100. The number of hydrogen-bond donors (Lipinski definition) is 1. The lowest BCUT2D eigenvalue weighted by atomic mass is 10.2. The van der Waals surface area contributed by atoms with Gasteiger partial charge in [0.15, 0.2) is 0 Å². The molecule has 4 heteroatoms. The van der Waals surface area contributed by atoms with Crippen LogP contribution >= 0.6 is 23.2 Å². The van der Waals surface area contributed by atoms with Crippen molar-refractivity contribution in [3.63, 3.8) is 0 Å². The minimum Gasteiger partial charge on any atom is -0.373 e. The van der Waals surface area contributed by atoms with Gasteiger partial charge in [-0.25, -0.2) is 4.98 Å². The van der Waals surface area contributed by atoms with E-state index in [-0.39, 0.29) is 0 Å². The van der Waals surface area contributed by atoms with Gasteiger partial charge in [0.2, 0.25) is 0 Å². The molecular formula is C10H8Cl2N2. The molecule has 1 aromatic heterocycles. The number of pyridine rings is 1. The lowest BCUT2D eigenvalue weighted by molar-refractivity contribution is 1.34. The van der Waals surface area contributed by atoms with Crippen molar-refractivity contribution in [1.29, 1.82) is 0 Å². The maximum Gasteiger partial charge on any atom is 0.126 e. The van der Waals surface area contributed by atoms with Crippen LogP contribution in [0.4, 0.5) is 5.82 Å². The molecule has 2 aromatic rings. The van der Waals surface area contributed by atoms with Crippen LogP contribution < -0.4 is 5.32 Å². The first-order valence-electron chi connectivity index (χ1n) is 4.15. The van der Waals surface area contributed by atoms with Crippen LogP contribution in [0.2, 0.25) is 10.0 Å². The Kier molecular flexibility index (Phi) is 2.48. The molecule has 0 radical (unpaired) electrons. The van der Waals surface area contributed by atoms with E-state index >= 15 is 0 Å². The van der Waals surface area contributed by atoms with Crippen LogP contribution in [0.25, 0.3) is 10.9 Å². The fourth-order valence-corrected chi connectivity index (χ4v) is 1.64. The molecule has 1 aromatic carbocycles. The Morgan fingerprint density at radius 3 is 2.57 bits per heavy atom. The number of nitrogens with one attached hydrogen (secondary N) is 1. The predicted octanol–water partition coefficient (Wildman–Crippen LogP) is 3.58. The van der Waals surface area contributed by atoms with Crippen LogP contribution in [-0.2, 0) is 0 Å². The maximum atomic E-state index is 6.03. The summed E-state index contributed by atoms with van der Waals surface area (Å²) >= 11 is 11.9. The van der Waals surface area contributed by atoms with E-state index < -0.39 is 0 Å². The third-order valence-electron chi connectivity index (χ3n) is 2.01. The molecule has 0 atom stereocenters. The largest absolute Gasteiger partial charge is 0.373 e. The van der Waals surface area contributed by atoms with E-state index in [4.69, 9.17) is 23.2 Å².